The second kappa shape index (κ2) is 5.25. The Kier molecular flexibility index (Phi) is 4.51. The van der Waals surface area contributed by atoms with E-state index in [9.17, 15) is 0 Å². The van der Waals surface area contributed by atoms with E-state index in [1.54, 1.807) is 24.3 Å². The molecule has 0 rings (SSSR count). The Bertz CT molecular complexity index is 249. The van der Waals surface area contributed by atoms with Crippen molar-refractivity contribution in [3.63, 3.8) is 0 Å². The summed E-state index contributed by atoms with van der Waals surface area (Å²) in [7, 11) is 0. The van der Waals surface area contributed by atoms with E-state index < -0.39 is 0 Å². The molecular formula is C10H11N. The standard InChI is InChI=1S/C10H11N/c1-4-5-10(8-11)7-6-9(2)3/h4-7H,1-2H2,3H3/b7-6-,10-5+. The van der Waals surface area contributed by atoms with Crippen molar-refractivity contribution < 1.29 is 0 Å². The molecule has 0 aliphatic rings. The lowest BCUT2D eigenvalue weighted by Crippen LogP contribution is -1.70. The van der Waals surface area contributed by atoms with Crippen LogP contribution in [-0.4, -0.2) is 0 Å². The highest BCUT2D eigenvalue weighted by Crippen LogP contribution is 1.98. The maximum Gasteiger partial charge on any atom is 0.0991 e. The van der Waals surface area contributed by atoms with Gasteiger partial charge in [0, 0.05) is 0 Å². The number of hydrogen-bond donors (Lipinski definition) is 0. The second-order valence-electron chi connectivity index (χ2n) is 2.15. The Hall–Kier alpha value is -1.55. The lowest BCUT2D eigenvalue weighted by Gasteiger charge is -1.85. The molecule has 11 heavy (non-hydrogen) atoms. The van der Waals surface area contributed by atoms with Crippen LogP contribution in [0, 0.1) is 11.3 Å². The highest BCUT2D eigenvalue weighted by molar-refractivity contribution is 5.37. The molecule has 0 amide bonds. The number of nitrogens with zero attached hydrogens (tertiary/aromatic N) is 1. The minimum atomic E-state index is 0.586. The molecule has 0 aliphatic heterocycles. The average Bonchev–Trinajstić information content (AvgIpc) is 1.97. The fourth-order valence-corrected chi connectivity index (χ4v) is 0.489. The Morgan fingerprint density at radius 3 is 2.45 bits per heavy atom. The zero-order valence-electron chi connectivity index (χ0n) is 6.67. The van der Waals surface area contributed by atoms with Crippen LogP contribution in [0.15, 0.2) is 48.6 Å². The minimum Gasteiger partial charge on any atom is -0.192 e. The average molecular weight is 145 g/mol. The van der Waals surface area contributed by atoms with Crippen LogP contribution in [0.5, 0.6) is 0 Å². The summed E-state index contributed by atoms with van der Waals surface area (Å²) in [6.07, 6.45) is 6.74. The first-order chi connectivity index (χ1) is 5.20. The summed E-state index contributed by atoms with van der Waals surface area (Å²) in [5.41, 5.74) is 1.51. The smallest absolute Gasteiger partial charge is 0.0991 e. The van der Waals surface area contributed by atoms with Gasteiger partial charge < -0.3 is 0 Å². The van der Waals surface area contributed by atoms with E-state index in [4.69, 9.17) is 5.26 Å². The molecule has 0 radical (unpaired) electrons. The van der Waals surface area contributed by atoms with Crippen LogP contribution in [0.25, 0.3) is 0 Å². The largest absolute Gasteiger partial charge is 0.192 e. The van der Waals surface area contributed by atoms with Gasteiger partial charge in [-0.25, -0.2) is 0 Å². The molecular weight excluding hydrogens is 134 g/mol. The molecule has 0 aliphatic carbocycles. The van der Waals surface area contributed by atoms with Crippen molar-refractivity contribution in [3.8, 4) is 6.07 Å². The van der Waals surface area contributed by atoms with Crippen LogP contribution in [0.1, 0.15) is 6.92 Å². The van der Waals surface area contributed by atoms with Crippen molar-refractivity contribution >= 4 is 0 Å². The van der Waals surface area contributed by atoms with E-state index in [0.717, 1.165) is 5.57 Å². The van der Waals surface area contributed by atoms with Crippen molar-refractivity contribution in [2.75, 3.05) is 0 Å². The van der Waals surface area contributed by atoms with Crippen LogP contribution >= 0.6 is 0 Å². The highest BCUT2D eigenvalue weighted by atomic mass is 14.2. The Morgan fingerprint density at radius 1 is 1.45 bits per heavy atom. The molecule has 0 N–H and O–H groups in total. The van der Waals surface area contributed by atoms with Gasteiger partial charge >= 0.3 is 0 Å². The van der Waals surface area contributed by atoms with Gasteiger partial charge in [-0.3, -0.25) is 0 Å². The summed E-state index contributed by atoms with van der Waals surface area (Å²) in [5, 5.41) is 8.52. The van der Waals surface area contributed by atoms with E-state index in [2.05, 4.69) is 13.2 Å². The van der Waals surface area contributed by atoms with E-state index in [-0.39, 0.29) is 0 Å². The molecule has 1 heteroatoms. The summed E-state index contributed by atoms with van der Waals surface area (Å²) in [4.78, 5) is 0. The Morgan fingerprint density at radius 2 is 2.09 bits per heavy atom. The van der Waals surface area contributed by atoms with Gasteiger partial charge in [0.15, 0.2) is 0 Å². The van der Waals surface area contributed by atoms with Gasteiger partial charge in [-0.1, -0.05) is 30.9 Å². The van der Waals surface area contributed by atoms with Gasteiger partial charge in [-0.2, -0.15) is 5.26 Å². The maximum atomic E-state index is 8.52. The third kappa shape index (κ3) is 4.92. The predicted molar refractivity (Wildman–Crippen MR) is 47.8 cm³/mol. The molecule has 0 spiro atoms. The number of hydrogen-bond acceptors (Lipinski definition) is 1. The highest BCUT2D eigenvalue weighted by Gasteiger charge is 1.83. The molecule has 0 fully saturated rings. The molecule has 1 nitrogen and oxygen atoms in total. The first-order valence-electron chi connectivity index (χ1n) is 3.27. The van der Waals surface area contributed by atoms with Gasteiger partial charge in [0.2, 0.25) is 0 Å². The van der Waals surface area contributed by atoms with Crippen LogP contribution in [0.3, 0.4) is 0 Å². The van der Waals surface area contributed by atoms with Crippen LogP contribution in [0.2, 0.25) is 0 Å². The zero-order valence-corrected chi connectivity index (χ0v) is 6.67. The quantitative estimate of drug-likeness (QED) is 0.442. The first-order valence-corrected chi connectivity index (χ1v) is 3.27. The summed E-state index contributed by atoms with van der Waals surface area (Å²) in [6, 6.07) is 2.02. The lowest BCUT2D eigenvalue weighted by atomic mass is 10.2. The molecule has 0 saturated heterocycles. The van der Waals surface area contributed by atoms with Gasteiger partial charge in [-0.05, 0) is 19.1 Å². The topological polar surface area (TPSA) is 23.8 Å². The van der Waals surface area contributed by atoms with E-state index in [1.807, 2.05) is 13.0 Å². The normalized spacial score (nSPS) is 11.1. The van der Waals surface area contributed by atoms with Gasteiger partial charge in [0.1, 0.15) is 0 Å². The SMILES string of the molecule is C=C/C=C(C#N)\C=C/C(=C)C. The molecule has 0 aromatic heterocycles. The molecule has 0 heterocycles. The number of rotatable bonds is 3. The van der Waals surface area contributed by atoms with Crippen molar-refractivity contribution in [1.82, 2.24) is 0 Å². The molecule has 0 atom stereocenters. The monoisotopic (exact) mass is 145 g/mol. The molecule has 0 aromatic rings. The summed E-state index contributed by atoms with van der Waals surface area (Å²) in [6.45, 7) is 9.04. The van der Waals surface area contributed by atoms with Crippen molar-refractivity contribution in [2.45, 2.75) is 6.92 Å². The van der Waals surface area contributed by atoms with Crippen LogP contribution in [0.4, 0.5) is 0 Å². The minimum absolute atomic E-state index is 0.586. The number of nitriles is 1. The molecule has 56 valence electrons. The van der Waals surface area contributed by atoms with Crippen molar-refractivity contribution in [3.05, 3.63) is 48.6 Å². The Balaban J connectivity index is 4.34. The summed E-state index contributed by atoms with van der Waals surface area (Å²) < 4.78 is 0. The first kappa shape index (κ1) is 9.45. The van der Waals surface area contributed by atoms with E-state index >= 15 is 0 Å². The molecule has 0 unspecified atom stereocenters. The van der Waals surface area contributed by atoms with Gasteiger partial charge in [0.25, 0.3) is 0 Å². The molecule has 0 saturated carbocycles. The fourth-order valence-electron chi connectivity index (χ4n) is 0.489. The third-order valence-electron chi connectivity index (χ3n) is 0.974. The maximum absolute atomic E-state index is 8.52. The van der Waals surface area contributed by atoms with Crippen molar-refractivity contribution in [1.29, 1.82) is 5.26 Å². The summed E-state index contributed by atoms with van der Waals surface area (Å²) >= 11 is 0. The predicted octanol–water partition coefficient (Wildman–Crippen LogP) is 2.75. The fraction of sp³-hybridized carbons (Fsp3) is 0.100. The summed E-state index contributed by atoms with van der Waals surface area (Å²) in [5.74, 6) is 0. The zero-order chi connectivity index (χ0) is 8.69. The van der Waals surface area contributed by atoms with Crippen LogP contribution in [-0.2, 0) is 0 Å². The second-order valence-corrected chi connectivity index (χ2v) is 2.15. The molecule has 0 bridgehead atoms. The Labute approximate surface area is 67.7 Å². The van der Waals surface area contributed by atoms with Crippen LogP contribution < -0.4 is 0 Å². The number of allylic oxidation sites excluding steroid dienone is 6. The van der Waals surface area contributed by atoms with E-state index in [1.165, 1.54) is 0 Å². The van der Waals surface area contributed by atoms with Gasteiger partial charge in [-0.15, -0.1) is 0 Å². The lowest BCUT2D eigenvalue weighted by molar-refractivity contribution is 1.48. The van der Waals surface area contributed by atoms with E-state index in [0.29, 0.717) is 5.57 Å². The van der Waals surface area contributed by atoms with Gasteiger partial charge in [0.05, 0.1) is 11.6 Å². The third-order valence-corrected chi connectivity index (χ3v) is 0.974. The van der Waals surface area contributed by atoms with Crippen molar-refractivity contribution in [2.24, 2.45) is 0 Å². The molecule has 0 aromatic carbocycles.